The van der Waals surface area contributed by atoms with Crippen LogP contribution in [-0.4, -0.2) is 58.2 Å². The Balaban J connectivity index is 2.05. The molecule has 0 spiro atoms. The van der Waals surface area contributed by atoms with E-state index in [0.29, 0.717) is 24.6 Å². The summed E-state index contributed by atoms with van der Waals surface area (Å²) in [4.78, 5) is 27.6. The number of ether oxygens (including phenoxy) is 1. The van der Waals surface area contributed by atoms with Gasteiger partial charge >= 0.3 is 12.1 Å². The SMILES string of the molecule is CC(C)CC1CN(C(=O)OC(C)(C)C)CCN1Cc1ccc(C(=O)O)cc1. The predicted molar refractivity (Wildman–Crippen MR) is 105 cm³/mol. The third-order valence-electron chi connectivity index (χ3n) is 4.59. The lowest BCUT2D eigenvalue weighted by Gasteiger charge is -2.42. The maximum atomic E-state index is 12.4. The van der Waals surface area contributed by atoms with Gasteiger partial charge in [-0.1, -0.05) is 26.0 Å². The lowest BCUT2D eigenvalue weighted by Crippen LogP contribution is -2.55. The van der Waals surface area contributed by atoms with E-state index < -0.39 is 11.6 Å². The Labute approximate surface area is 162 Å². The standard InChI is InChI=1S/C21H32N2O4/c1-15(2)12-18-14-23(20(26)27-21(3,4)5)11-10-22(18)13-16-6-8-17(9-7-16)19(24)25/h6-9,15,18H,10-14H2,1-5H3,(H,24,25). The fraction of sp³-hybridized carbons (Fsp3) is 0.619. The molecule has 1 aromatic carbocycles. The maximum absolute atomic E-state index is 12.4. The van der Waals surface area contributed by atoms with Crippen LogP contribution in [0.1, 0.15) is 57.0 Å². The van der Waals surface area contributed by atoms with Gasteiger partial charge in [-0.2, -0.15) is 0 Å². The lowest BCUT2D eigenvalue weighted by molar-refractivity contribution is -0.000346. The van der Waals surface area contributed by atoms with Gasteiger partial charge < -0.3 is 14.7 Å². The average Bonchev–Trinajstić information content (AvgIpc) is 2.54. The molecule has 1 N–H and O–H groups in total. The van der Waals surface area contributed by atoms with Gasteiger partial charge in [0, 0.05) is 32.2 Å². The first-order valence-electron chi connectivity index (χ1n) is 9.59. The fourth-order valence-corrected chi connectivity index (χ4v) is 3.35. The number of nitrogens with zero attached hydrogens (tertiary/aromatic N) is 2. The van der Waals surface area contributed by atoms with Gasteiger partial charge in [-0.15, -0.1) is 0 Å². The molecule has 2 rings (SSSR count). The number of carboxylic acid groups (broad SMARTS) is 1. The summed E-state index contributed by atoms with van der Waals surface area (Å²) >= 11 is 0. The number of carbonyl (C=O) groups excluding carboxylic acids is 1. The van der Waals surface area contributed by atoms with Crippen LogP contribution in [-0.2, 0) is 11.3 Å². The minimum Gasteiger partial charge on any atom is -0.478 e. The van der Waals surface area contributed by atoms with Crippen LogP contribution in [0.15, 0.2) is 24.3 Å². The lowest BCUT2D eigenvalue weighted by atomic mass is 9.99. The smallest absolute Gasteiger partial charge is 0.410 e. The van der Waals surface area contributed by atoms with E-state index in [1.165, 1.54) is 0 Å². The normalized spacial score (nSPS) is 18.6. The molecule has 1 aliphatic rings. The highest BCUT2D eigenvalue weighted by atomic mass is 16.6. The number of piperazine rings is 1. The molecule has 1 amide bonds. The first kappa shape index (κ1) is 21.2. The highest BCUT2D eigenvalue weighted by molar-refractivity contribution is 5.87. The Bertz CT molecular complexity index is 649. The molecule has 1 unspecified atom stereocenters. The first-order valence-corrected chi connectivity index (χ1v) is 9.59. The Morgan fingerprint density at radius 2 is 1.81 bits per heavy atom. The fourth-order valence-electron chi connectivity index (χ4n) is 3.35. The van der Waals surface area contributed by atoms with Crippen LogP contribution in [0, 0.1) is 5.92 Å². The largest absolute Gasteiger partial charge is 0.478 e. The zero-order chi connectivity index (χ0) is 20.2. The topological polar surface area (TPSA) is 70.1 Å². The van der Waals surface area contributed by atoms with Crippen LogP contribution in [0.4, 0.5) is 4.79 Å². The Hall–Kier alpha value is -2.08. The van der Waals surface area contributed by atoms with Crippen LogP contribution >= 0.6 is 0 Å². The van der Waals surface area contributed by atoms with E-state index in [9.17, 15) is 9.59 Å². The average molecular weight is 376 g/mol. The molecule has 0 aliphatic carbocycles. The number of carbonyl (C=O) groups is 2. The number of carboxylic acids is 1. The Kier molecular flexibility index (Phi) is 6.87. The summed E-state index contributed by atoms with van der Waals surface area (Å²) in [5.41, 5.74) is 0.889. The molecule has 0 aromatic heterocycles. The zero-order valence-electron chi connectivity index (χ0n) is 17.1. The molecule has 1 atom stereocenters. The van der Waals surface area contributed by atoms with E-state index in [-0.39, 0.29) is 12.1 Å². The van der Waals surface area contributed by atoms with Crippen molar-refractivity contribution in [3.8, 4) is 0 Å². The van der Waals surface area contributed by atoms with Crippen LogP contribution < -0.4 is 0 Å². The van der Waals surface area contributed by atoms with Gasteiger partial charge in [0.05, 0.1) is 5.56 Å². The van der Waals surface area contributed by atoms with Gasteiger partial charge in [0.1, 0.15) is 5.60 Å². The molecule has 0 bridgehead atoms. The second-order valence-electron chi connectivity index (χ2n) is 8.68. The molecule has 1 aromatic rings. The molecule has 1 fully saturated rings. The van der Waals surface area contributed by atoms with Crippen molar-refractivity contribution in [3.05, 3.63) is 35.4 Å². The van der Waals surface area contributed by atoms with Crippen molar-refractivity contribution in [2.45, 2.75) is 59.2 Å². The highest BCUT2D eigenvalue weighted by Gasteiger charge is 2.32. The Morgan fingerprint density at radius 1 is 1.19 bits per heavy atom. The van der Waals surface area contributed by atoms with Crippen LogP contribution in [0.2, 0.25) is 0 Å². The van der Waals surface area contributed by atoms with Crippen molar-refractivity contribution in [2.75, 3.05) is 19.6 Å². The van der Waals surface area contributed by atoms with E-state index in [1.54, 1.807) is 12.1 Å². The minimum atomic E-state index is -0.912. The van der Waals surface area contributed by atoms with Crippen molar-refractivity contribution in [2.24, 2.45) is 5.92 Å². The molecular formula is C21H32N2O4. The number of aromatic carboxylic acids is 1. The van der Waals surface area contributed by atoms with E-state index in [0.717, 1.165) is 25.1 Å². The summed E-state index contributed by atoms with van der Waals surface area (Å²) in [6.45, 7) is 12.8. The van der Waals surface area contributed by atoms with E-state index in [2.05, 4.69) is 18.7 Å². The van der Waals surface area contributed by atoms with Gasteiger partial charge in [0.15, 0.2) is 0 Å². The summed E-state index contributed by atoms with van der Waals surface area (Å²) in [6, 6.07) is 7.29. The first-order chi connectivity index (χ1) is 12.5. The molecule has 1 heterocycles. The number of hydrogen-bond acceptors (Lipinski definition) is 4. The third kappa shape index (κ3) is 6.54. The quantitative estimate of drug-likeness (QED) is 0.845. The molecule has 0 radical (unpaired) electrons. The molecular weight excluding hydrogens is 344 g/mol. The third-order valence-corrected chi connectivity index (χ3v) is 4.59. The minimum absolute atomic E-state index is 0.248. The van der Waals surface area contributed by atoms with E-state index >= 15 is 0 Å². The van der Waals surface area contributed by atoms with Crippen molar-refractivity contribution in [1.82, 2.24) is 9.80 Å². The monoisotopic (exact) mass is 376 g/mol. The van der Waals surface area contributed by atoms with Gasteiger partial charge in [0.2, 0.25) is 0 Å². The van der Waals surface area contributed by atoms with Crippen LogP contribution in [0.25, 0.3) is 0 Å². The molecule has 1 aliphatic heterocycles. The molecule has 1 saturated heterocycles. The van der Waals surface area contributed by atoms with Gasteiger partial charge in [-0.25, -0.2) is 9.59 Å². The summed E-state index contributed by atoms with van der Waals surface area (Å²) < 4.78 is 5.53. The summed E-state index contributed by atoms with van der Waals surface area (Å²) in [5, 5.41) is 9.04. The molecule has 27 heavy (non-hydrogen) atoms. The van der Waals surface area contributed by atoms with Gasteiger partial charge in [0.25, 0.3) is 0 Å². The van der Waals surface area contributed by atoms with Crippen molar-refractivity contribution >= 4 is 12.1 Å². The maximum Gasteiger partial charge on any atom is 0.410 e. The Morgan fingerprint density at radius 3 is 2.33 bits per heavy atom. The predicted octanol–water partition coefficient (Wildman–Crippen LogP) is 3.85. The molecule has 6 heteroatoms. The second kappa shape index (κ2) is 8.74. The number of hydrogen-bond donors (Lipinski definition) is 1. The van der Waals surface area contributed by atoms with E-state index in [4.69, 9.17) is 9.84 Å². The number of rotatable bonds is 5. The molecule has 0 saturated carbocycles. The van der Waals surface area contributed by atoms with Crippen LogP contribution in [0.3, 0.4) is 0 Å². The summed E-state index contributed by atoms with van der Waals surface area (Å²) in [6.07, 6.45) is 0.744. The van der Waals surface area contributed by atoms with Crippen LogP contribution in [0.5, 0.6) is 0 Å². The van der Waals surface area contributed by atoms with E-state index in [1.807, 2.05) is 37.8 Å². The van der Waals surface area contributed by atoms with Crippen molar-refractivity contribution in [1.29, 1.82) is 0 Å². The molecule has 150 valence electrons. The highest BCUT2D eigenvalue weighted by Crippen LogP contribution is 2.22. The number of amides is 1. The summed E-state index contributed by atoms with van der Waals surface area (Å²) in [5.74, 6) is -0.393. The number of benzene rings is 1. The van der Waals surface area contributed by atoms with Crippen molar-refractivity contribution in [3.63, 3.8) is 0 Å². The summed E-state index contributed by atoms with van der Waals surface area (Å²) in [7, 11) is 0. The van der Waals surface area contributed by atoms with Gasteiger partial charge in [-0.05, 0) is 50.8 Å². The second-order valence-corrected chi connectivity index (χ2v) is 8.68. The van der Waals surface area contributed by atoms with Gasteiger partial charge in [-0.3, -0.25) is 4.90 Å². The zero-order valence-corrected chi connectivity index (χ0v) is 17.1. The molecule has 6 nitrogen and oxygen atoms in total. The van der Waals surface area contributed by atoms with Crippen molar-refractivity contribution < 1.29 is 19.4 Å².